The summed E-state index contributed by atoms with van der Waals surface area (Å²) >= 11 is 5.61. The number of aliphatic hydroxyl groups excluding tert-OH is 2. The number of carbonyl (C=O) groups excluding carboxylic acids is 1. The predicted octanol–water partition coefficient (Wildman–Crippen LogP) is -0.0290. The van der Waals surface area contributed by atoms with Gasteiger partial charge < -0.3 is 20.6 Å². The molecule has 0 spiro atoms. The molecule has 1 heterocycles. The number of aromatic hydroxyl groups is 1. The molecule has 7 heteroatoms. The quantitative estimate of drug-likeness (QED) is 0.570. The lowest BCUT2D eigenvalue weighted by atomic mass is 10.1. The zero-order valence-electron chi connectivity index (χ0n) is 9.09. The number of carbonyl (C=O) groups is 1. The van der Waals surface area contributed by atoms with E-state index in [-0.39, 0.29) is 29.0 Å². The van der Waals surface area contributed by atoms with Gasteiger partial charge in [0, 0.05) is 13.5 Å². The molecule has 2 atom stereocenters. The maximum atomic E-state index is 10.6. The van der Waals surface area contributed by atoms with Gasteiger partial charge in [-0.2, -0.15) is 0 Å². The number of aliphatic hydroxyl groups is 2. The van der Waals surface area contributed by atoms with E-state index in [0.717, 1.165) is 0 Å². The molecule has 0 aromatic carbocycles. The number of pyridine rings is 1. The number of rotatable bonds is 4. The number of nitrogens with one attached hydrogen (secondary N) is 1. The third-order valence-electron chi connectivity index (χ3n) is 2.07. The van der Waals surface area contributed by atoms with E-state index in [1.54, 1.807) is 0 Å². The second-order valence-electron chi connectivity index (χ2n) is 3.49. The van der Waals surface area contributed by atoms with Gasteiger partial charge in [0.25, 0.3) is 0 Å². The summed E-state index contributed by atoms with van der Waals surface area (Å²) < 4.78 is 0. The van der Waals surface area contributed by atoms with E-state index < -0.39 is 12.2 Å². The van der Waals surface area contributed by atoms with Crippen LogP contribution in [0, 0.1) is 0 Å². The molecule has 0 bridgehead atoms. The largest absolute Gasteiger partial charge is 0.506 e. The summed E-state index contributed by atoms with van der Waals surface area (Å²) in [6.45, 7) is 1.14. The van der Waals surface area contributed by atoms with Crippen LogP contribution >= 0.6 is 11.6 Å². The van der Waals surface area contributed by atoms with Crippen LogP contribution in [-0.4, -0.2) is 38.9 Å². The summed E-state index contributed by atoms with van der Waals surface area (Å²) in [6, 6.07) is 2.62. The van der Waals surface area contributed by atoms with Gasteiger partial charge in [-0.05, 0) is 12.1 Å². The normalized spacial score (nSPS) is 14.1. The first-order chi connectivity index (χ1) is 7.91. The molecule has 0 radical (unpaired) electrons. The Labute approximate surface area is 103 Å². The lowest BCUT2D eigenvalue weighted by Gasteiger charge is -2.18. The fourth-order valence-corrected chi connectivity index (χ4v) is 1.36. The number of aromatic nitrogens is 1. The van der Waals surface area contributed by atoms with Crippen LogP contribution in [0.3, 0.4) is 0 Å². The highest BCUT2D eigenvalue weighted by atomic mass is 35.5. The first-order valence-corrected chi connectivity index (χ1v) is 5.25. The molecule has 1 aromatic rings. The fourth-order valence-electron chi connectivity index (χ4n) is 1.20. The highest BCUT2D eigenvalue weighted by molar-refractivity contribution is 6.29. The lowest BCUT2D eigenvalue weighted by molar-refractivity contribution is -0.119. The van der Waals surface area contributed by atoms with E-state index in [4.69, 9.17) is 11.6 Å². The van der Waals surface area contributed by atoms with Crippen LogP contribution in [0.5, 0.6) is 5.75 Å². The Morgan fingerprint density at radius 3 is 2.76 bits per heavy atom. The van der Waals surface area contributed by atoms with Gasteiger partial charge >= 0.3 is 0 Å². The Hall–Kier alpha value is -1.37. The van der Waals surface area contributed by atoms with Gasteiger partial charge in [-0.25, -0.2) is 4.98 Å². The minimum absolute atomic E-state index is 0.0866. The van der Waals surface area contributed by atoms with Gasteiger partial charge in [0.15, 0.2) is 0 Å². The van der Waals surface area contributed by atoms with E-state index in [0.29, 0.717) is 0 Å². The number of hydrogen-bond acceptors (Lipinski definition) is 5. The van der Waals surface area contributed by atoms with Gasteiger partial charge in [-0.15, -0.1) is 0 Å². The molecule has 0 fully saturated rings. The zero-order chi connectivity index (χ0) is 13.0. The van der Waals surface area contributed by atoms with Crippen molar-refractivity contribution in [1.82, 2.24) is 10.3 Å². The first kappa shape index (κ1) is 13.7. The van der Waals surface area contributed by atoms with Crippen molar-refractivity contribution in [2.75, 3.05) is 6.54 Å². The predicted molar refractivity (Wildman–Crippen MR) is 60.6 cm³/mol. The van der Waals surface area contributed by atoms with Crippen molar-refractivity contribution in [2.24, 2.45) is 0 Å². The Kier molecular flexibility index (Phi) is 4.68. The summed E-state index contributed by atoms with van der Waals surface area (Å²) in [6.07, 6.45) is -2.71. The third kappa shape index (κ3) is 3.85. The van der Waals surface area contributed by atoms with E-state index >= 15 is 0 Å². The van der Waals surface area contributed by atoms with Crippen molar-refractivity contribution in [3.63, 3.8) is 0 Å². The molecule has 17 heavy (non-hydrogen) atoms. The Bertz CT molecular complexity index is 413. The molecule has 6 nitrogen and oxygen atoms in total. The second-order valence-corrected chi connectivity index (χ2v) is 3.87. The van der Waals surface area contributed by atoms with Crippen LogP contribution in [0.4, 0.5) is 0 Å². The van der Waals surface area contributed by atoms with E-state index in [1.807, 2.05) is 0 Å². The second kappa shape index (κ2) is 5.81. The van der Waals surface area contributed by atoms with Gasteiger partial charge in [-0.1, -0.05) is 11.6 Å². The topological polar surface area (TPSA) is 103 Å². The minimum Gasteiger partial charge on any atom is -0.506 e. The van der Waals surface area contributed by atoms with Crippen molar-refractivity contribution in [1.29, 1.82) is 0 Å². The Morgan fingerprint density at radius 1 is 1.53 bits per heavy atom. The van der Waals surface area contributed by atoms with Crippen molar-refractivity contribution in [3.8, 4) is 5.75 Å². The molecule has 0 aliphatic heterocycles. The lowest BCUT2D eigenvalue weighted by Crippen LogP contribution is -2.34. The van der Waals surface area contributed by atoms with E-state index in [1.165, 1.54) is 19.1 Å². The summed E-state index contributed by atoms with van der Waals surface area (Å²) in [4.78, 5) is 14.4. The smallest absolute Gasteiger partial charge is 0.216 e. The summed E-state index contributed by atoms with van der Waals surface area (Å²) in [5.41, 5.74) is -0.129. The van der Waals surface area contributed by atoms with Gasteiger partial charge in [0.1, 0.15) is 28.8 Å². The van der Waals surface area contributed by atoms with Crippen molar-refractivity contribution in [3.05, 3.63) is 23.0 Å². The molecule has 1 amide bonds. The molecular formula is C10H13ClN2O4. The molecule has 0 aliphatic rings. The maximum Gasteiger partial charge on any atom is 0.216 e. The van der Waals surface area contributed by atoms with E-state index in [9.17, 15) is 20.1 Å². The van der Waals surface area contributed by atoms with E-state index in [2.05, 4.69) is 10.3 Å². The molecule has 0 aliphatic carbocycles. The van der Waals surface area contributed by atoms with Crippen LogP contribution < -0.4 is 5.32 Å². The molecule has 1 rings (SSSR count). The zero-order valence-corrected chi connectivity index (χ0v) is 9.85. The molecule has 4 N–H and O–H groups in total. The van der Waals surface area contributed by atoms with Crippen molar-refractivity contribution < 1.29 is 20.1 Å². The molecular weight excluding hydrogens is 248 g/mol. The number of amides is 1. The average molecular weight is 261 g/mol. The van der Waals surface area contributed by atoms with Crippen molar-refractivity contribution >= 4 is 17.5 Å². The minimum atomic E-state index is -1.43. The van der Waals surface area contributed by atoms with Gasteiger partial charge in [-0.3, -0.25) is 4.79 Å². The number of nitrogens with zero attached hydrogens (tertiary/aromatic N) is 1. The standard InChI is InChI=1S/C10H13ClN2O4/c1-5(14)12-4-7(16)10(17)9-6(15)2-3-8(11)13-9/h2-3,7,10,15-17H,4H2,1H3,(H,12,14). The van der Waals surface area contributed by atoms with Gasteiger partial charge in [0.05, 0.1) is 0 Å². The van der Waals surface area contributed by atoms with Crippen LogP contribution in [0.1, 0.15) is 18.7 Å². The summed E-state index contributed by atoms with van der Waals surface area (Å²) in [5, 5.41) is 31.2. The highest BCUT2D eigenvalue weighted by Crippen LogP contribution is 2.25. The number of halogens is 1. The van der Waals surface area contributed by atoms with Gasteiger partial charge in [0.2, 0.25) is 5.91 Å². The highest BCUT2D eigenvalue weighted by Gasteiger charge is 2.23. The Balaban J connectivity index is 2.77. The maximum absolute atomic E-state index is 10.6. The fraction of sp³-hybridized carbons (Fsp3) is 0.400. The molecule has 0 saturated heterocycles. The molecule has 2 unspecified atom stereocenters. The first-order valence-electron chi connectivity index (χ1n) is 4.87. The summed E-state index contributed by atoms with van der Waals surface area (Å²) in [5.74, 6) is -0.608. The monoisotopic (exact) mass is 260 g/mol. The van der Waals surface area contributed by atoms with Crippen molar-refractivity contribution in [2.45, 2.75) is 19.1 Å². The van der Waals surface area contributed by atoms with Crippen LogP contribution in [-0.2, 0) is 4.79 Å². The molecule has 1 aromatic heterocycles. The van der Waals surface area contributed by atoms with Crippen LogP contribution in [0.2, 0.25) is 5.15 Å². The third-order valence-corrected chi connectivity index (χ3v) is 2.28. The molecule has 94 valence electrons. The van der Waals surface area contributed by atoms with Crippen LogP contribution in [0.25, 0.3) is 0 Å². The Morgan fingerprint density at radius 2 is 2.18 bits per heavy atom. The SMILES string of the molecule is CC(=O)NCC(O)C(O)c1nc(Cl)ccc1O. The average Bonchev–Trinajstić information content (AvgIpc) is 2.28. The van der Waals surface area contributed by atoms with Crippen LogP contribution in [0.15, 0.2) is 12.1 Å². The number of hydrogen-bond donors (Lipinski definition) is 4. The molecule has 0 saturated carbocycles. The summed E-state index contributed by atoms with van der Waals surface area (Å²) in [7, 11) is 0.